The van der Waals surface area contributed by atoms with E-state index in [0.29, 0.717) is 11.7 Å². The van der Waals surface area contributed by atoms with E-state index in [9.17, 15) is 0 Å². The molecule has 2 unspecified atom stereocenters. The lowest BCUT2D eigenvalue weighted by Crippen LogP contribution is -2.54. The highest BCUT2D eigenvalue weighted by molar-refractivity contribution is 5.25. The van der Waals surface area contributed by atoms with Gasteiger partial charge in [0.15, 0.2) is 0 Å². The minimum absolute atomic E-state index is 0.504. The summed E-state index contributed by atoms with van der Waals surface area (Å²) in [4.78, 5) is 6.60. The predicted molar refractivity (Wildman–Crippen MR) is 78.0 cm³/mol. The van der Waals surface area contributed by atoms with Crippen LogP contribution in [0.4, 0.5) is 0 Å². The highest BCUT2D eigenvalue weighted by atomic mass is 15.2. The van der Waals surface area contributed by atoms with E-state index in [-0.39, 0.29) is 0 Å². The molecule has 1 aromatic heterocycles. The molecule has 0 radical (unpaired) electrons. The van der Waals surface area contributed by atoms with E-state index >= 15 is 0 Å². The first-order valence-electron chi connectivity index (χ1n) is 7.56. The second kappa shape index (κ2) is 5.90. The average molecular weight is 270 g/mol. The number of aromatic nitrogens is 1. The molecule has 1 N–H and O–H groups in total. The van der Waals surface area contributed by atoms with Gasteiger partial charge >= 0.3 is 0 Å². The Hall–Kier alpha value is -1.44. The van der Waals surface area contributed by atoms with E-state index in [2.05, 4.69) is 28.3 Å². The number of fused-ring (bicyclic) bond motifs is 2. The Bertz CT molecular complexity index is 493. The van der Waals surface area contributed by atoms with Crippen LogP contribution in [-0.4, -0.2) is 35.1 Å². The van der Waals surface area contributed by atoms with E-state index in [0.717, 1.165) is 24.2 Å². The largest absolute Gasteiger partial charge is 0.310 e. The van der Waals surface area contributed by atoms with Crippen LogP contribution in [0.15, 0.2) is 18.3 Å². The Kier molecular flexibility index (Phi) is 4.00. The zero-order chi connectivity index (χ0) is 13.9. The van der Waals surface area contributed by atoms with Gasteiger partial charge in [0.25, 0.3) is 0 Å². The Morgan fingerprint density at radius 2 is 2.15 bits per heavy atom. The average Bonchev–Trinajstić information content (AvgIpc) is 2.46. The van der Waals surface area contributed by atoms with Crippen molar-refractivity contribution in [2.75, 3.05) is 7.05 Å². The Morgan fingerprint density at radius 3 is 2.85 bits per heavy atom. The second-order valence-corrected chi connectivity index (χ2v) is 6.11. The SMILES string of the molecule is CN1C2CCCC1CC(NCc1ccnc(C#N)c1)C2. The van der Waals surface area contributed by atoms with Gasteiger partial charge in [-0.05, 0) is 50.4 Å². The molecule has 3 rings (SSSR count). The highest BCUT2D eigenvalue weighted by Gasteiger charge is 2.35. The lowest BCUT2D eigenvalue weighted by Gasteiger charge is -2.47. The fourth-order valence-corrected chi connectivity index (χ4v) is 3.69. The van der Waals surface area contributed by atoms with Crippen molar-refractivity contribution in [1.29, 1.82) is 5.26 Å². The number of nitriles is 1. The molecule has 0 spiro atoms. The van der Waals surface area contributed by atoms with Gasteiger partial charge < -0.3 is 10.2 Å². The summed E-state index contributed by atoms with van der Waals surface area (Å²) in [7, 11) is 2.28. The van der Waals surface area contributed by atoms with E-state index in [4.69, 9.17) is 5.26 Å². The molecule has 2 aliphatic heterocycles. The van der Waals surface area contributed by atoms with Crippen molar-refractivity contribution in [2.24, 2.45) is 0 Å². The molecule has 0 aliphatic carbocycles. The maximum Gasteiger partial charge on any atom is 0.140 e. The Labute approximate surface area is 120 Å². The normalized spacial score (nSPS) is 29.9. The molecule has 2 fully saturated rings. The van der Waals surface area contributed by atoms with Crippen LogP contribution in [0.5, 0.6) is 0 Å². The highest BCUT2D eigenvalue weighted by Crippen LogP contribution is 2.32. The second-order valence-electron chi connectivity index (χ2n) is 6.11. The van der Waals surface area contributed by atoms with E-state index in [1.165, 1.54) is 32.1 Å². The maximum atomic E-state index is 8.88. The Morgan fingerprint density at radius 1 is 1.40 bits per heavy atom. The van der Waals surface area contributed by atoms with E-state index in [1.807, 2.05) is 12.1 Å². The van der Waals surface area contributed by atoms with Crippen molar-refractivity contribution in [3.63, 3.8) is 0 Å². The van der Waals surface area contributed by atoms with Crippen molar-refractivity contribution in [2.45, 2.75) is 56.8 Å². The van der Waals surface area contributed by atoms with Gasteiger partial charge in [-0.3, -0.25) is 0 Å². The Balaban J connectivity index is 1.58. The molecule has 2 bridgehead atoms. The van der Waals surface area contributed by atoms with Gasteiger partial charge in [-0.1, -0.05) is 6.42 Å². The molecule has 2 aliphatic rings. The molecular weight excluding hydrogens is 248 g/mol. The summed E-state index contributed by atoms with van der Waals surface area (Å²) in [6.07, 6.45) is 8.31. The first-order valence-corrected chi connectivity index (χ1v) is 7.56. The number of hydrogen-bond acceptors (Lipinski definition) is 4. The standard InChI is InChI=1S/C16H22N4/c1-20-15-3-2-4-16(20)9-13(8-15)19-11-12-5-6-18-14(7-12)10-17/h5-7,13,15-16,19H,2-4,8-9,11H2,1H3. The van der Waals surface area contributed by atoms with Gasteiger partial charge in [0.05, 0.1) is 0 Å². The number of piperidine rings is 2. The number of hydrogen-bond donors (Lipinski definition) is 1. The summed E-state index contributed by atoms with van der Waals surface area (Å²) >= 11 is 0. The van der Waals surface area contributed by atoms with Gasteiger partial charge in [0, 0.05) is 30.9 Å². The van der Waals surface area contributed by atoms with Gasteiger partial charge in [-0.25, -0.2) is 4.98 Å². The quantitative estimate of drug-likeness (QED) is 0.913. The zero-order valence-corrected chi connectivity index (χ0v) is 12.0. The molecule has 3 heterocycles. The zero-order valence-electron chi connectivity index (χ0n) is 12.0. The van der Waals surface area contributed by atoms with Gasteiger partial charge in [0.1, 0.15) is 11.8 Å². The van der Waals surface area contributed by atoms with Crippen LogP contribution in [0, 0.1) is 11.3 Å². The van der Waals surface area contributed by atoms with E-state index < -0.39 is 0 Å². The monoisotopic (exact) mass is 270 g/mol. The molecule has 2 atom stereocenters. The fourth-order valence-electron chi connectivity index (χ4n) is 3.69. The van der Waals surface area contributed by atoms with E-state index in [1.54, 1.807) is 6.20 Å². The summed E-state index contributed by atoms with van der Waals surface area (Å²) in [5.41, 5.74) is 1.66. The van der Waals surface area contributed by atoms with Crippen molar-refractivity contribution in [3.05, 3.63) is 29.6 Å². The maximum absolute atomic E-state index is 8.88. The van der Waals surface area contributed by atoms with Crippen LogP contribution >= 0.6 is 0 Å². The lowest BCUT2D eigenvalue weighted by atomic mass is 9.82. The minimum Gasteiger partial charge on any atom is -0.310 e. The van der Waals surface area contributed by atoms with Crippen molar-refractivity contribution < 1.29 is 0 Å². The molecule has 20 heavy (non-hydrogen) atoms. The third-order valence-corrected chi connectivity index (χ3v) is 4.87. The van der Waals surface area contributed by atoms with Crippen LogP contribution in [0.2, 0.25) is 0 Å². The molecule has 0 amide bonds. The number of nitrogens with zero attached hydrogens (tertiary/aromatic N) is 3. The third-order valence-electron chi connectivity index (χ3n) is 4.87. The van der Waals surface area contributed by atoms with Gasteiger partial charge in [-0.2, -0.15) is 5.26 Å². The molecular formula is C16H22N4. The summed E-state index contributed by atoms with van der Waals surface area (Å²) in [5.74, 6) is 0. The van der Waals surface area contributed by atoms with Crippen LogP contribution < -0.4 is 5.32 Å². The summed E-state index contributed by atoms with van der Waals surface area (Å²) in [6.45, 7) is 0.838. The third kappa shape index (κ3) is 2.84. The van der Waals surface area contributed by atoms with Gasteiger partial charge in [-0.15, -0.1) is 0 Å². The number of pyridine rings is 1. The minimum atomic E-state index is 0.504. The predicted octanol–water partition coefficient (Wildman–Crippen LogP) is 2.06. The summed E-state index contributed by atoms with van der Waals surface area (Å²) in [6, 6.07) is 8.09. The van der Waals surface area contributed by atoms with Crippen LogP contribution in [-0.2, 0) is 6.54 Å². The first-order chi connectivity index (χ1) is 9.76. The first kappa shape index (κ1) is 13.5. The number of rotatable bonds is 3. The molecule has 0 aromatic carbocycles. The smallest absolute Gasteiger partial charge is 0.140 e. The van der Waals surface area contributed by atoms with Gasteiger partial charge in [0.2, 0.25) is 0 Å². The molecule has 4 nitrogen and oxygen atoms in total. The number of nitrogens with one attached hydrogen (secondary N) is 1. The van der Waals surface area contributed by atoms with Crippen molar-refractivity contribution >= 4 is 0 Å². The van der Waals surface area contributed by atoms with Crippen molar-refractivity contribution in [1.82, 2.24) is 15.2 Å². The van der Waals surface area contributed by atoms with Crippen LogP contribution in [0.25, 0.3) is 0 Å². The molecule has 1 aromatic rings. The van der Waals surface area contributed by atoms with Crippen LogP contribution in [0.3, 0.4) is 0 Å². The topological polar surface area (TPSA) is 52.0 Å². The molecule has 4 heteroatoms. The molecule has 0 saturated carbocycles. The molecule has 106 valence electrons. The van der Waals surface area contributed by atoms with Crippen molar-refractivity contribution in [3.8, 4) is 6.07 Å². The fraction of sp³-hybridized carbons (Fsp3) is 0.625. The summed E-state index contributed by atoms with van der Waals surface area (Å²) < 4.78 is 0. The molecule has 2 saturated heterocycles. The van der Waals surface area contributed by atoms with Crippen LogP contribution in [0.1, 0.15) is 43.4 Å². The summed E-state index contributed by atoms with van der Waals surface area (Å²) in [5, 5.41) is 12.6. The lowest BCUT2D eigenvalue weighted by molar-refractivity contribution is 0.0482.